The monoisotopic (exact) mass is 325 g/mol. The maximum absolute atomic E-state index is 12.7. The molecule has 112 valence electrons. The number of pyridine rings is 1. The number of hydrogen-bond donors (Lipinski definition) is 0. The van der Waals surface area contributed by atoms with Crippen molar-refractivity contribution in [2.45, 2.75) is 25.3 Å². The number of piperidine rings is 1. The summed E-state index contributed by atoms with van der Waals surface area (Å²) in [4.78, 5) is 22.8. The van der Waals surface area contributed by atoms with Crippen LogP contribution in [-0.2, 0) is 0 Å². The minimum atomic E-state index is -0.174. The molecule has 2 heterocycles. The molecule has 1 aromatic rings. The van der Waals surface area contributed by atoms with Gasteiger partial charge in [0.2, 0.25) is 0 Å². The Morgan fingerprint density at radius 2 is 2.24 bits per heavy atom. The lowest BCUT2D eigenvalue weighted by Gasteiger charge is -2.35. The molecule has 2 rings (SSSR count). The van der Waals surface area contributed by atoms with Gasteiger partial charge in [0, 0.05) is 18.6 Å². The van der Waals surface area contributed by atoms with Gasteiger partial charge in [0.15, 0.2) is 0 Å². The topological polar surface area (TPSA) is 45.6 Å². The molecule has 21 heavy (non-hydrogen) atoms. The summed E-state index contributed by atoms with van der Waals surface area (Å²) in [7, 11) is 1.71. The molecule has 4 nitrogen and oxygen atoms in total. The molecule has 0 saturated carbocycles. The van der Waals surface area contributed by atoms with Crippen LogP contribution in [-0.4, -0.2) is 41.1 Å². The fraction of sp³-hybridized carbons (Fsp3) is 0.400. The van der Waals surface area contributed by atoms with E-state index < -0.39 is 0 Å². The van der Waals surface area contributed by atoms with Crippen molar-refractivity contribution in [3.05, 3.63) is 40.7 Å². The Kier molecular flexibility index (Phi) is 5.37. The molecule has 1 fully saturated rings. The smallest absolute Gasteiger partial charge is 0.273 e. The van der Waals surface area contributed by atoms with Crippen molar-refractivity contribution in [3.63, 3.8) is 0 Å². The largest absolute Gasteiger partial charge is 0.329 e. The third-order valence-electron chi connectivity index (χ3n) is 3.55. The van der Waals surface area contributed by atoms with Gasteiger partial charge >= 0.3 is 0 Å². The molecule has 0 aromatic carbocycles. The van der Waals surface area contributed by atoms with E-state index in [0.29, 0.717) is 11.6 Å². The van der Waals surface area contributed by atoms with Crippen LogP contribution >= 0.6 is 23.2 Å². The van der Waals surface area contributed by atoms with E-state index in [9.17, 15) is 4.79 Å². The molecule has 1 atom stereocenters. The average molecular weight is 326 g/mol. The summed E-state index contributed by atoms with van der Waals surface area (Å²) in [6, 6.07) is 2.99. The van der Waals surface area contributed by atoms with Crippen LogP contribution < -0.4 is 0 Å². The Bertz CT molecular complexity index is 566. The van der Waals surface area contributed by atoms with E-state index in [0.717, 1.165) is 25.0 Å². The highest BCUT2D eigenvalue weighted by molar-refractivity contribution is 6.34. The van der Waals surface area contributed by atoms with Crippen molar-refractivity contribution in [3.8, 4) is 0 Å². The quantitative estimate of drug-likeness (QED) is 0.629. The Balaban J connectivity index is 2.32. The maximum Gasteiger partial charge on any atom is 0.273 e. The predicted molar refractivity (Wildman–Crippen MR) is 86.5 cm³/mol. The number of nitrogens with zero attached hydrogens (tertiary/aromatic N) is 3. The molecular weight excluding hydrogens is 309 g/mol. The number of amides is 1. The minimum Gasteiger partial charge on any atom is -0.329 e. The van der Waals surface area contributed by atoms with Crippen molar-refractivity contribution in [2.24, 2.45) is 4.99 Å². The average Bonchev–Trinajstić information content (AvgIpc) is 2.47. The normalized spacial score (nSPS) is 19.5. The number of rotatable bonds is 3. The summed E-state index contributed by atoms with van der Waals surface area (Å²) >= 11 is 11.8. The van der Waals surface area contributed by atoms with Crippen LogP contribution in [0.1, 0.15) is 29.8 Å². The first kappa shape index (κ1) is 16.0. The van der Waals surface area contributed by atoms with E-state index in [1.807, 2.05) is 0 Å². The second-order valence-corrected chi connectivity index (χ2v) is 5.68. The van der Waals surface area contributed by atoms with Crippen molar-refractivity contribution in [1.29, 1.82) is 0 Å². The van der Waals surface area contributed by atoms with Crippen LogP contribution in [0, 0.1) is 0 Å². The first-order chi connectivity index (χ1) is 10.1. The number of aromatic nitrogens is 1. The molecule has 1 aliphatic heterocycles. The van der Waals surface area contributed by atoms with Gasteiger partial charge in [0.05, 0.1) is 11.8 Å². The third kappa shape index (κ3) is 3.63. The molecule has 1 aliphatic rings. The first-order valence-corrected chi connectivity index (χ1v) is 7.55. The highest BCUT2D eigenvalue weighted by Gasteiger charge is 2.30. The van der Waals surface area contributed by atoms with Gasteiger partial charge in [0.1, 0.15) is 10.8 Å². The molecular formula is C15H17Cl2N3O. The summed E-state index contributed by atoms with van der Waals surface area (Å²) in [6.45, 7) is 4.44. The summed E-state index contributed by atoms with van der Waals surface area (Å²) in [6.07, 6.45) is 4.60. The van der Waals surface area contributed by atoms with Gasteiger partial charge in [0.25, 0.3) is 5.91 Å². The molecule has 0 N–H and O–H groups in total. The van der Waals surface area contributed by atoms with E-state index in [-0.39, 0.29) is 22.8 Å². The fourth-order valence-electron chi connectivity index (χ4n) is 2.58. The molecule has 0 bridgehead atoms. The Morgan fingerprint density at radius 3 is 2.86 bits per heavy atom. The van der Waals surface area contributed by atoms with Gasteiger partial charge in [-0.3, -0.25) is 9.79 Å². The van der Waals surface area contributed by atoms with Crippen LogP contribution in [0.3, 0.4) is 0 Å². The van der Waals surface area contributed by atoms with Crippen LogP contribution in [0.4, 0.5) is 0 Å². The molecule has 1 saturated heterocycles. The van der Waals surface area contributed by atoms with Gasteiger partial charge in [-0.05, 0) is 37.5 Å². The summed E-state index contributed by atoms with van der Waals surface area (Å²) in [5.74, 6) is -0.174. The number of halogens is 2. The molecule has 6 heteroatoms. The van der Waals surface area contributed by atoms with Gasteiger partial charge in [-0.15, -0.1) is 0 Å². The van der Waals surface area contributed by atoms with Gasteiger partial charge in [-0.2, -0.15) is 0 Å². The van der Waals surface area contributed by atoms with Crippen molar-refractivity contribution >= 4 is 34.8 Å². The lowest BCUT2D eigenvalue weighted by molar-refractivity contribution is 0.0675. The predicted octanol–water partition coefficient (Wildman–Crippen LogP) is 3.64. The minimum absolute atomic E-state index is 0.0618. The SMILES string of the molecule is C=CC(=NC)C1CCCCN1C(=O)c1cc(Cl)cc(Cl)n1. The maximum atomic E-state index is 12.7. The summed E-state index contributed by atoms with van der Waals surface area (Å²) < 4.78 is 0. The number of carbonyl (C=O) groups excluding carboxylic acids is 1. The molecule has 0 spiro atoms. The summed E-state index contributed by atoms with van der Waals surface area (Å²) in [5, 5.41) is 0.618. The van der Waals surface area contributed by atoms with E-state index in [1.54, 1.807) is 18.0 Å². The van der Waals surface area contributed by atoms with E-state index >= 15 is 0 Å². The van der Waals surface area contributed by atoms with E-state index in [4.69, 9.17) is 23.2 Å². The standard InChI is InChI=1S/C15H17Cl2N3O/c1-3-11(18-2)13-6-4-5-7-20(13)15(21)12-8-10(16)9-14(17)19-12/h3,8-9,13H,1,4-7H2,2H3. The molecule has 1 aromatic heterocycles. The van der Waals surface area contributed by atoms with Crippen molar-refractivity contribution in [2.75, 3.05) is 13.6 Å². The zero-order chi connectivity index (χ0) is 15.4. The number of carbonyl (C=O) groups is 1. The number of hydrogen-bond acceptors (Lipinski definition) is 3. The first-order valence-electron chi connectivity index (χ1n) is 6.80. The molecule has 0 aliphatic carbocycles. The van der Waals surface area contributed by atoms with Gasteiger partial charge in [-0.1, -0.05) is 29.8 Å². The van der Waals surface area contributed by atoms with Gasteiger partial charge < -0.3 is 4.90 Å². The second kappa shape index (κ2) is 7.05. The Labute approximate surface area is 134 Å². The zero-order valence-corrected chi connectivity index (χ0v) is 13.4. The lowest BCUT2D eigenvalue weighted by atomic mass is 9.97. The zero-order valence-electron chi connectivity index (χ0n) is 11.9. The van der Waals surface area contributed by atoms with Crippen LogP contribution in [0.25, 0.3) is 0 Å². The molecule has 1 amide bonds. The Morgan fingerprint density at radius 1 is 1.48 bits per heavy atom. The Hall–Kier alpha value is -1.39. The molecule has 1 unspecified atom stereocenters. The van der Waals surface area contributed by atoms with Crippen molar-refractivity contribution < 1.29 is 4.79 Å². The second-order valence-electron chi connectivity index (χ2n) is 4.86. The van der Waals surface area contributed by atoms with Gasteiger partial charge in [-0.25, -0.2) is 4.98 Å². The number of likely N-dealkylation sites (tertiary alicyclic amines) is 1. The van der Waals surface area contributed by atoms with E-state index in [1.165, 1.54) is 12.1 Å². The highest BCUT2D eigenvalue weighted by atomic mass is 35.5. The van der Waals surface area contributed by atoms with Crippen LogP contribution in [0.2, 0.25) is 10.2 Å². The molecule has 0 radical (unpaired) electrons. The lowest BCUT2D eigenvalue weighted by Crippen LogP contribution is -2.47. The highest BCUT2D eigenvalue weighted by Crippen LogP contribution is 2.23. The van der Waals surface area contributed by atoms with Crippen LogP contribution in [0.15, 0.2) is 29.8 Å². The van der Waals surface area contributed by atoms with E-state index in [2.05, 4.69) is 16.6 Å². The number of aliphatic imine (C=N–C) groups is 1. The van der Waals surface area contributed by atoms with Crippen LogP contribution in [0.5, 0.6) is 0 Å². The third-order valence-corrected chi connectivity index (χ3v) is 3.96. The van der Waals surface area contributed by atoms with Crippen molar-refractivity contribution in [1.82, 2.24) is 9.88 Å². The fourth-order valence-corrected chi connectivity index (χ4v) is 3.05. The summed E-state index contributed by atoms with van der Waals surface area (Å²) in [5.41, 5.74) is 1.08.